The molecule has 0 N–H and O–H groups in total. The average molecular weight is 356 g/mol. The lowest BCUT2D eigenvalue weighted by atomic mass is 10.2. The number of thioether (sulfide) groups is 1. The van der Waals surface area contributed by atoms with Crippen molar-refractivity contribution < 1.29 is 9.55 Å². The summed E-state index contributed by atoms with van der Waals surface area (Å²) in [6.07, 6.45) is 0. The van der Waals surface area contributed by atoms with Crippen LogP contribution >= 0.6 is 35.0 Å². The summed E-state index contributed by atoms with van der Waals surface area (Å²) in [5.74, 6) is 0.565. The van der Waals surface area contributed by atoms with Gasteiger partial charge < -0.3 is 0 Å². The van der Waals surface area contributed by atoms with Crippen molar-refractivity contribution in [3.63, 3.8) is 0 Å². The van der Waals surface area contributed by atoms with Crippen molar-refractivity contribution in [3.8, 4) is 0 Å². The van der Waals surface area contributed by atoms with E-state index < -0.39 is 4.92 Å². The normalized spacial score (nSPS) is 11.0. The van der Waals surface area contributed by atoms with Gasteiger partial charge in [-0.3, -0.25) is 10.1 Å². The smallest absolute Gasteiger partial charge is 0.258 e. The van der Waals surface area contributed by atoms with Gasteiger partial charge in [0.25, 0.3) is 0 Å². The molecule has 0 aliphatic heterocycles. The van der Waals surface area contributed by atoms with Crippen LogP contribution < -0.4 is 0 Å². The number of benzene rings is 2. The Labute approximate surface area is 138 Å². The summed E-state index contributed by atoms with van der Waals surface area (Å²) < 4.78 is 4.63. The molecule has 0 aliphatic carbocycles. The maximum Gasteiger partial charge on any atom is 0.300 e. The van der Waals surface area contributed by atoms with Crippen molar-refractivity contribution in [3.05, 3.63) is 56.1 Å². The second kappa shape index (κ2) is 6.12. The van der Waals surface area contributed by atoms with E-state index in [0.717, 1.165) is 10.5 Å². The molecule has 0 radical (unpaired) electrons. The van der Waals surface area contributed by atoms with Crippen molar-refractivity contribution in [1.82, 2.24) is 10.3 Å². The number of nitro benzene ring substituents is 1. The van der Waals surface area contributed by atoms with Crippen molar-refractivity contribution in [2.45, 2.75) is 10.6 Å². The molecule has 0 saturated heterocycles. The lowest BCUT2D eigenvalue weighted by Gasteiger charge is -2.05. The molecule has 0 amide bonds. The largest absolute Gasteiger partial charge is 0.300 e. The SMILES string of the molecule is O=[N+]([O-])c1ccc(SCc2ccc(Cl)cc2Cl)c2nonc12. The van der Waals surface area contributed by atoms with Gasteiger partial charge in [0.1, 0.15) is 0 Å². The first-order valence-corrected chi connectivity index (χ1v) is 7.77. The lowest BCUT2D eigenvalue weighted by molar-refractivity contribution is -0.383. The summed E-state index contributed by atoms with van der Waals surface area (Å²) in [5.41, 5.74) is 1.27. The van der Waals surface area contributed by atoms with Gasteiger partial charge >= 0.3 is 5.69 Å². The number of aromatic nitrogens is 2. The maximum absolute atomic E-state index is 10.9. The first kappa shape index (κ1) is 15.1. The summed E-state index contributed by atoms with van der Waals surface area (Å²) in [5, 5.41) is 19.4. The molecule has 112 valence electrons. The van der Waals surface area contributed by atoms with Crippen LogP contribution in [-0.2, 0) is 5.75 Å². The molecule has 0 saturated carbocycles. The van der Waals surface area contributed by atoms with E-state index in [9.17, 15) is 10.1 Å². The van der Waals surface area contributed by atoms with Gasteiger partial charge in [0, 0.05) is 26.8 Å². The zero-order valence-corrected chi connectivity index (χ0v) is 13.2. The van der Waals surface area contributed by atoms with Crippen LogP contribution in [0.2, 0.25) is 10.0 Å². The fourth-order valence-corrected chi connectivity index (χ4v) is 3.44. The van der Waals surface area contributed by atoms with Gasteiger partial charge in [0.05, 0.1) is 4.92 Å². The number of halogens is 2. The quantitative estimate of drug-likeness (QED) is 0.382. The number of hydrogen-bond acceptors (Lipinski definition) is 6. The summed E-state index contributed by atoms with van der Waals surface area (Å²) in [7, 11) is 0. The number of nitro groups is 1. The van der Waals surface area contributed by atoms with Gasteiger partial charge in [-0.25, -0.2) is 4.63 Å². The van der Waals surface area contributed by atoms with Crippen LogP contribution in [0, 0.1) is 10.1 Å². The zero-order valence-electron chi connectivity index (χ0n) is 10.8. The van der Waals surface area contributed by atoms with E-state index in [0.29, 0.717) is 21.3 Å². The number of fused-ring (bicyclic) bond motifs is 1. The van der Waals surface area contributed by atoms with Gasteiger partial charge in [-0.15, -0.1) is 11.8 Å². The van der Waals surface area contributed by atoms with Crippen LogP contribution in [0.5, 0.6) is 0 Å². The third-order valence-corrected chi connectivity index (χ3v) is 4.63. The molecule has 0 unspecified atom stereocenters. The molecule has 1 aromatic heterocycles. The van der Waals surface area contributed by atoms with Crippen molar-refractivity contribution >= 4 is 51.7 Å². The van der Waals surface area contributed by atoms with Crippen LogP contribution in [0.4, 0.5) is 5.69 Å². The molecule has 0 atom stereocenters. The highest BCUT2D eigenvalue weighted by atomic mass is 35.5. The van der Waals surface area contributed by atoms with Crippen molar-refractivity contribution in [1.29, 1.82) is 0 Å². The van der Waals surface area contributed by atoms with Gasteiger partial charge in [-0.1, -0.05) is 29.3 Å². The number of nitrogens with zero attached hydrogens (tertiary/aromatic N) is 3. The number of non-ortho nitro benzene ring substituents is 1. The average Bonchev–Trinajstić information content (AvgIpc) is 2.95. The second-order valence-corrected chi connectivity index (χ2v) is 6.19. The van der Waals surface area contributed by atoms with E-state index in [4.69, 9.17) is 23.2 Å². The Hall–Kier alpha value is -1.83. The maximum atomic E-state index is 10.9. The standard InChI is InChI=1S/C13H7Cl2N3O3S/c14-8-2-1-7(9(15)5-8)6-22-11-4-3-10(18(19)20)12-13(11)17-21-16-12/h1-5H,6H2. The summed E-state index contributed by atoms with van der Waals surface area (Å²) in [6.45, 7) is 0. The minimum atomic E-state index is -0.517. The zero-order chi connectivity index (χ0) is 15.7. The number of rotatable bonds is 4. The van der Waals surface area contributed by atoms with Gasteiger partial charge in [-0.2, -0.15) is 0 Å². The lowest BCUT2D eigenvalue weighted by Crippen LogP contribution is -1.90. The molecule has 9 heteroatoms. The van der Waals surface area contributed by atoms with Crippen molar-refractivity contribution in [2.24, 2.45) is 0 Å². The molecule has 0 bridgehead atoms. The number of hydrogen-bond donors (Lipinski definition) is 0. The van der Waals surface area contributed by atoms with Crippen LogP contribution in [0.1, 0.15) is 5.56 Å². The molecule has 2 aromatic carbocycles. The molecule has 22 heavy (non-hydrogen) atoms. The predicted octanol–water partition coefficient (Wildman–Crippen LogP) is 4.73. The summed E-state index contributed by atoms with van der Waals surface area (Å²) >= 11 is 13.4. The third kappa shape index (κ3) is 2.87. The van der Waals surface area contributed by atoms with E-state index >= 15 is 0 Å². The highest BCUT2D eigenvalue weighted by Gasteiger charge is 2.19. The first-order chi connectivity index (χ1) is 10.6. The highest BCUT2D eigenvalue weighted by Crippen LogP contribution is 2.34. The fourth-order valence-electron chi connectivity index (χ4n) is 1.89. The Morgan fingerprint density at radius 3 is 2.68 bits per heavy atom. The Bertz CT molecular complexity index is 869. The van der Waals surface area contributed by atoms with E-state index in [-0.39, 0.29) is 11.2 Å². The molecular formula is C13H7Cl2N3O3S. The van der Waals surface area contributed by atoms with Gasteiger partial charge in [0.15, 0.2) is 5.52 Å². The van der Waals surface area contributed by atoms with E-state index in [1.165, 1.54) is 17.8 Å². The Balaban J connectivity index is 1.90. The summed E-state index contributed by atoms with van der Waals surface area (Å²) in [4.78, 5) is 11.2. The molecule has 1 heterocycles. The molecule has 0 fully saturated rings. The first-order valence-electron chi connectivity index (χ1n) is 6.02. The topological polar surface area (TPSA) is 82.1 Å². The second-order valence-electron chi connectivity index (χ2n) is 4.33. The van der Waals surface area contributed by atoms with Crippen LogP contribution in [0.25, 0.3) is 11.0 Å². The molecule has 6 nitrogen and oxygen atoms in total. The molecule has 0 aliphatic rings. The fraction of sp³-hybridized carbons (Fsp3) is 0.0769. The van der Waals surface area contributed by atoms with E-state index in [2.05, 4.69) is 14.9 Å². The Morgan fingerprint density at radius 2 is 1.95 bits per heavy atom. The Morgan fingerprint density at radius 1 is 1.18 bits per heavy atom. The van der Waals surface area contributed by atoms with Crippen LogP contribution in [0.3, 0.4) is 0 Å². The summed E-state index contributed by atoms with van der Waals surface area (Å²) in [6, 6.07) is 8.27. The Kier molecular flexibility index (Phi) is 4.19. The third-order valence-electron chi connectivity index (χ3n) is 2.95. The molecule has 0 spiro atoms. The van der Waals surface area contributed by atoms with Crippen molar-refractivity contribution in [2.75, 3.05) is 0 Å². The molecule has 3 aromatic rings. The van der Waals surface area contributed by atoms with Gasteiger partial charge in [-0.05, 0) is 34.1 Å². The van der Waals surface area contributed by atoms with E-state index in [1.807, 2.05) is 6.07 Å². The monoisotopic (exact) mass is 355 g/mol. The predicted molar refractivity (Wildman–Crippen MR) is 84.5 cm³/mol. The minimum absolute atomic E-state index is 0.134. The van der Waals surface area contributed by atoms with Crippen LogP contribution in [-0.4, -0.2) is 15.2 Å². The van der Waals surface area contributed by atoms with E-state index in [1.54, 1.807) is 18.2 Å². The van der Waals surface area contributed by atoms with Crippen LogP contribution in [0.15, 0.2) is 39.9 Å². The van der Waals surface area contributed by atoms with Gasteiger partial charge in [0.2, 0.25) is 5.52 Å². The minimum Gasteiger partial charge on any atom is -0.258 e. The highest BCUT2D eigenvalue weighted by molar-refractivity contribution is 7.98. The molecular weight excluding hydrogens is 349 g/mol. The molecule has 3 rings (SSSR count).